The molecular formula is C37H44N4O7. The van der Waals surface area contributed by atoms with Gasteiger partial charge in [0, 0.05) is 24.4 Å². The number of benzene rings is 3. The Morgan fingerprint density at radius 2 is 1.38 bits per heavy atom. The van der Waals surface area contributed by atoms with Crippen molar-refractivity contribution in [3.05, 3.63) is 114 Å². The predicted molar refractivity (Wildman–Crippen MR) is 182 cm³/mol. The number of nitrogens with two attached hydrogens (primary N) is 1. The summed E-state index contributed by atoms with van der Waals surface area (Å²) in [6, 6.07) is 22.1. The van der Waals surface area contributed by atoms with Gasteiger partial charge in [0.1, 0.15) is 24.4 Å². The van der Waals surface area contributed by atoms with Gasteiger partial charge in [0.05, 0.1) is 7.11 Å². The van der Waals surface area contributed by atoms with Gasteiger partial charge < -0.3 is 31.2 Å². The van der Waals surface area contributed by atoms with Gasteiger partial charge in [-0.3, -0.25) is 19.2 Å². The van der Waals surface area contributed by atoms with E-state index in [9.17, 15) is 24.0 Å². The SMILES string of the molecule is COc1ccc(C(=O)/C=C/[C@H](CCC(N)=O)NC(=O)[C@H](Cc2ccccc2)NC(=O)[C@H](CC(C)C)NC(=O)OCc2ccccc2)cc1. The van der Waals surface area contributed by atoms with E-state index in [1.807, 2.05) is 74.5 Å². The summed E-state index contributed by atoms with van der Waals surface area (Å²) < 4.78 is 10.5. The van der Waals surface area contributed by atoms with E-state index in [1.165, 1.54) is 19.3 Å². The second-order valence-electron chi connectivity index (χ2n) is 11.7. The Balaban J connectivity index is 1.77. The lowest BCUT2D eigenvalue weighted by Crippen LogP contribution is -2.55. The minimum atomic E-state index is -1.06. The second kappa shape index (κ2) is 19.3. The van der Waals surface area contributed by atoms with Gasteiger partial charge >= 0.3 is 6.09 Å². The first-order valence-corrected chi connectivity index (χ1v) is 15.8. The van der Waals surface area contributed by atoms with Crippen molar-refractivity contribution in [2.75, 3.05) is 7.11 Å². The average Bonchev–Trinajstić information content (AvgIpc) is 3.08. The molecule has 0 unspecified atom stereocenters. The van der Waals surface area contributed by atoms with Crippen LogP contribution >= 0.6 is 0 Å². The lowest BCUT2D eigenvalue weighted by atomic mass is 10.0. The topological polar surface area (TPSA) is 166 Å². The molecule has 0 aliphatic carbocycles. The average molecular weight is 657 g/mol. The van der Waals surface area contributed by atoms with Crippen LogP contribution in [0.5, 0.6) is 5.75 Å². The van der Waals surface area contributed by atoms with Crippen LogP contribution < -0.4 is 26.4 Å². The minimum absolute atomic E-state index is 0.0307. The number of alkyl carbamates (subject to hydrolysis) is 1. The molecule has 0 aromatic heterocycles. The number of ketones is 1. The first-order valence-electron chi connectivity index (χ1n) is 15.8. The Hall–Kier alpha value is -5.45. The molecule has 0 spiro atoms. The number of hydrogen-bond donors (Lipinski definition) is 4. The molecule has 0 aliphatic heterocycles. The van der Waals surface area contributed by atoms with Crippen molar-refractivity contribution in [2.45, 2.75) is 64.3 Å². The number of carbonyl (C=O) groups excluding carboxylic acids is 5. The monoisotopic (exact) mass is 656 g/mol. The van der Waals surface area contributed by atoms with Crippen molar-refractivity contribution in [1.82, 2.24) is 16.0 Å². The number of ether oxygens (including phenoxy) is 2. The van der Waals surface area contributed by atoms with Gasteiger partial charge in [-0.15, -0.1) is 0 Å². The number of methoxy groups -OCH3 is 1. The standard InChI is InChI=1S/C37H44N4O7/c1-25(2)22-31(41-37(46)48-24-27-12-8-5-9-13-27)36(45)40-32(23-26-10-6-4-7-11-26)35(44)39-29(17-21-34(38)43)16-20-33(42)28-14-18-30(47-3)19-15-28/h4-16,18-20,25,29,31-32H,17,21-24H2,1-3H3,(H2,38,43)(H,39,44)(H,40,45)(H,41,46)/b20-16+/t29-,31+,32+/m1/s1. The van der Waals surface area contributed by atoms with Gasteiger partial charge in [-0.2, -0.15) is 0 Å². The highest BCUT2D eigenvalue weighted by Gasteiger charge is 2.29. The Morgan fingerprint density at radius 1 is 0.771 bits per heavy atom. The molecule has 0 aliphatic rings. The van der Waals surface area contributed by atoms with Crippen LogP contribution in [-0.2, 0) is 32.1 Å². The highest BCUT2D eigenvalue weighted by atomic mass is 16.5. The zero-order chi connectivity index (χ0) is 34.9. The quantitative estimate of drug-likeness (QED) is 0.117. The van der Waals surface area contributed by atoms with Gasteiger partial charge in [0.25, 0.3) is 0 Å². The smallest absolute Gasteiger partial charge is 0.408 e. The Bertz CT molecular complexity index is 1530. The van der Waals surface area contributed by atoms with Crippen molar-refractivity contribution in [3.63, 3.8) is 0 Å². The lowest BCUT2D eigenvalue weighted by Gasteiger charge is -2.25. The van der Waals surface area contributed by atoms with Gasteiger partial charge in [0.2, 0.25) is 17.7 Å². The zero-order valence-electron chi connectivity index (χ0n) is 27.5. The molecule has 3 aromatic rings. The van der Waals surface area contributed by atoms with Crippen molar-refractivity contribution < 1.29 is 33.4 Å². The van der Waals surface area contributed by atoms with E-state index in [2.05, 4.69) is 16.0 Å². The largest absolute Gasteiger partial charge is 0.497 e. The Morgan fingerprint density at radius 3 is 1.96 bits per heavy atom. The summed E-state index contributed by atoms with van der Waals surface area (Å²) in [7, 11) is 1.53. The second-order valence-corrected chi connectivity index (χ2v) is 11.7. The normalized spacial score (nSPS) is 12.8. The van der Waals surface area contributed by atoms with Gasteiger partial charge in [0.15, 0.2) is 5.78 Å². The van der Waals surface area contributed by atoms with Crippen LogP contribution in [0.2, 0.25) is 0 Å². The van der Waals surface area contributed by atoms with E-state index >= 15 is 0 Å². The van der Waals surface area contributed by atoms with Gasteiger partial charge in [-0.05, 0) is 60.2 Å². The lowest BCUT2D eigenvalue weighted by molar-refractivity contribution is -0.130. The summed E-state index contributed by atoms with van der Waals surface area (Å²) in [6.07, 6.45) is 2.58. The third-order valence-electron chi connectivity index (χ3n) is 7.33. The predicted octanol–water partition coefficient (Wildman–Crippen LogP) is 4.25. The molecule has 11 nitrogen and oxygen atoms in total. The molecule has 3 aromatic carbocycles. The van der Waals surface area contributed by atoms with Crippen LogP contribution in [0.15, 0.2) is 97.1 Å². The molecule has 0 heterocycles. The van der Waals surface area contributed by atoms with Gasteiger partial charge in [-0.1, -0.05) is 80.6 Å². The summed E-state index contributed by atoms with van der Waals surface area (Å²) in [5.74, 6) is -1.35. The molecule has 5 N–H and O–H groups in total. The number of nitrogens with one attached hydrogen (secondary N) is 3. The maximum Gasteiger partial charge on any atom is 0.408 e. The number of allylic oxidation sites excluding steroid dienone is 1. The summed E-state index contributed by atoms with van der Waals surface area (Å²) in [5, 5.41) is 8.30. The molecule has 0 saturated heterocycles. The third kappa shape index (κ3) is 13.1. The van der Waals surface area contributed by atoms with Crippen LogP contribution in [0.4, 0.5) is 4.79 Å². The van der Waals surface area contributed by atoms with Crippen LogP contribution in [0.1, 0.15) is 54.6 Å². The molecular weight excluding hydrogens is 612 g/mol. The van der Waals surface area contributed by atoms with E-state index in [0.717, 1.165) is 11.1 Å². The van der Waals surface area contributed by atoms with Crippen molar-refractivity contribution >= 4 is 29.6 Å². The molecule has 0 bridgehead atoms. The first kappa shape index (κ1) is 37.0. The number of carbonyl (C=O) groups is 5. The fourth-order valence-electron chi connectivity index (χ4n) is 4.79. The highest BCUT2D eigenvalue weighted by molar-refractivity contribution is 6.04. The molecule has 11 heteroatoms. The molecule has 48 heavy (non-hydrogen) atoms. The van der Waals surface area contributed by atoms with Gasteiger partial charge in [-0.25, -0.2) is 4.79 Å². The maximum absolute atomic E-state index is 13.8. The van der Waals surface area contributed by atoms with E-state index in [1.54, 1.807) is 24.3 Å². The Kier molecular flexibility index (Phi) is 14.9. The number of rotatable bonds is 18. The van der Waals surface area contributed by atoms with E-state index < -0.39 is 41.9 Å². The first-order chi connectivity index (χ1) is 23.0. The fraction of sp³-hybridized carbons (Fsp3) is 0.324. The minimum Gasteiger partial charge on any atom is -0.497 e. The molecule has 0 fully saturated rings. The van der Waals surface area contributed by atoms with Crippen LogP contribution in [0.25, 0.3) is 0 Å². The van der Waals surface area contributed by atoms with E-state index in [-0.39, 0.29) is 37.6 Å². The Labute approximate surface area is 281 Å². The van der Waals surface area contributed by atoms with Crippen LogP contribution in [0.3, 0.4) is 0 Å². The molecule has 0 saturated carbocycles. The summed E-state index contributed by atoms with van der Waals surface area (Å²) >= 11 is 0. The molecule has 254 valence electrons. The van der Waals surface area contributed by atoms with Crippen LogP contribution in [-0.4, -0.2) is 54.8 Å². The molecule has 4 amide bonds. The van der Waals surface area contributed by atoms with Crippen molar-refractivity contribution in [3.8, 4) is 5.75 Å². The molecule has 3 rings (SSSR count). The number of primary amides is 1. The van der Waals surface area contributed by atoms with Crippen molar-refractivity contribution in [2.24, 2.45) is 11.7 Å². The highest BCUT2D eigenvalue weighted by Crippen LogP contribution is 2.13. The summed E-state index contributed by atoms with van der Waals surface area (Å²) in [6.45, 7) is 3.85. The number of amides is 4. The molecule has 0 radical (unpaired) electrons. The fourth-order valence-corrected chi connectivity index (χ4v) is 4.79. The van der Waals surface area contributed by atoms with E-state index in [0.29, 0.717) is 17.7 Å². The molecule has 3 atom stereocenters. The van der Waals surface area contributed by atoms with E-state index in [4.69, 9.17) is 15.2 Å². The third-order valence-corrected chi connectivity index (χ3v) is 7.33. The van der Waals surface area contributed by atoms with Crippen LogP contribution in [0, 0.1) is 5.92 Å². The maximum atomic E-state index is 13.8. The number of hydrogen-bond acceptors (Lipinski definition) is 7. The summed E-state index contributed by atoms with van der Waals surface area (Å²) in [5.41, 5.74) is 7.37. The zero-order valence-corrected chi connectivity index (χ0v) is 27.5. The summed E-state index contributed by atoms with van der Waals surface area (Å²) in [4.78, 5) is 64.5. The van der Waals surface area contributed by atoms with Crippen molar-refractivity contribution in [1.29, 1.82) is 0 Å².